The van der Waals surface area contributed by atoms with E-state index in [1.165, 1.54) is 10.9 Å². The summed E-state index contributed by atoms with van der Waals surface area (Å²) in [6.07, 6.45) is 4.02. The van der Waals surface area contributed by atoms with Crippen LogP contribution in [0.25, 0.3) is 10.9 Å². The summed E-state index contributed by atoms with van der Waals surface area (Å²) < 4.78 is 2.22. The van der Waals surface area contributed by atoms with Crippen molar-refractivity contribution in [3.63, 3.8) is 0 Å². The Morgan fingerprint density at radius 2 is 2.20 bits per heavy atom. The minimum absolute atomic E-state index is 0.116. The van der Waals surface area contributed by atoms with Gasteiger partial charge in [0, 0.05) is 24.0 Å². The zero-order valence-electron chi connectivity index (χ0n) is 13.6. The van der Waals surface area contributed by atoms with Crippen molar-refractivity contribution in [2.75, 3.05) is 6.54 Å². The molecule has 1 aromatic carbocycles. The lowest BCUT2D eigenvalue weighted by Crippen LogP contribution is -2.45. The van der Waals surface area contributed by atoms with Crippen molar-refractivity contribution in [3.05, 3.63) is 39.4 Å². The quantitative estimate of drug-likeness (QED) is 0.800. The average Bonchev–Trinajstić information content (AvgIpc) is 2.79. The highest BCUT2D eigenvalue weighted by molar-refractivity contribution is 9.10. The van der Waals surface area contributed by atoms with Gasteiger partial charge in [-0.3, -0.25) is 19.0 Å². The summed E-state index contributed by atoms with van der Waals surface area (Å²) in [5.41, 5.74) is 0.426. The second-order valence-electron chi connectivity index (χ2n) is 6.06. The maximum Gasteiger partial charge on any atom is 0.261 e. The summed E-state index contributed by atoms with van der Waals surface area (Å²) in [7, 11) is 0. The van der Waals surface area contributed by atoms with Crippen LogP contribution in [0, 0.1) is 0 Å². The SMILES string of the molecule is O=C(CCn1cnc2ccc(Br)cc2c1=O)NC1CCCCNC1=O. The number of carbonyl (C=O) groups excluding carboxylic acids is 2. The smallest absolute Gasteiger partial charge is 0.261 e. The molecule has 3 rings (SSSR count). The van der Waals surface area contributed by atoms with Gasteiger partial charge in [0.2, 0.25) is 11.8 Å². The van der Waals surface area contributed by atoms with Crippen LogP contribution in [0.1, 0.15) is 25.7 Å². The molecule has 0 radical (unpaired) electrons. The molecule has 0 aliphatic carbocycles. The van der Waals surface area contributed by atoms with E-state index in [4.69, 9.17) is 0 Å². The van der Waals surface area contributed by atoms with Crippen LogP contribution in [0.5, 0.6) is 0 Å². The summed E-state index contributed by atoms with van der Waals surface area (Å²) in [6.45, 7) is 0.868. The third-order valence-corrected chi connectivity index (χ3v) is 4.73. The maximum absolute atomic E-state index is 12.5. The number of fused-ring (bicyclic) bond motifs is 1. The van der Waals surface area contributed by atoms with Crippen LogP contribution >= 0.6 is 15.9 Å². The van der Waals surface area contributed by atoms with E-state index >= 15 is 0 Å². The van der Waals surface area contributed by atoms with E-state index in [9.17, 15) is 14.4 Å². The monoisotopic (exact) mass is 406 g/mol. The lowest BCUT2D eigenvalue weighted by atomic mass is 10.1. The van der Waals surface area contributed by atoms with Gasteiger partial charge in [0.15, 0.2) is 0 Å². The Morgan fingerprint density at radius 3 is 3.04 bits per heavy atom. The number of nitrogens with one attached hydrogen (secondary N) is 2. The largest absolute Gasteiger partial charge is 0.354 e. The fourth-order valence-corrected chi connectivity index (χ4v) is 3.22. The molecule has 1 aliphatic rings. The molecule has 1 fully saturated rings. The second kappa shape index (κ2) is 7.77. The third kappa shape index (κ3) is 4.25. The number of benzene rings is 1. The van der Waals surface area contributed by atoms with E-state index in [-0.39, 0.29) is 30.3 Å². The highest BCUT2D eigenvalue weighted by atomic mass is 79.9. The number of amides is 2. The molecule has 1 saturated heterocycles. The molecule has 1 atom stereocenters. The van der Waals surface area contributed by atoms with Gasteiger partial charge in [-0.1, -0.05) is 15.9 Å². The molecule has 0 bridgehead atoms. The number of nitrogens with zero attached hydrogens (tertiary/aromatic N) is 2. The van der Waals surface area contributed by atoms with Crippen LogP contribution in [-0.4, -0.2) is 34.0 Å². The summed E-state index contributed by atoms with van der Waals surface area (Å²) in [6, 6.07) is 4.82. The standard InChI is InChI=1S/C17H19BrN4O3/c18-11-4-5-13-12(9-11)17(25)22(10-20-13)8-6-15(23)21-14-3-1-2-7-19-16(14)24/h4-5,9-10,14H,1-3,6-8H2,(H,19,24)(H,21,23). The molecule has 132 valence electrons. The number of aryl methyl sites for hydroxylation is 1. The normalized spacial score (nSPS) is 17.8. The van der Waals surface area contributed by atoms with E-state index < -0.39 is 6.04 Å². The molecular formula is C17H19BrN4O3. The van der Waals surface area contributed by atoms with E-state index in [2.05, 4.69) is 31.5 Å². The van der Waals surface area contributed by atoms with Crippen LogP contribution in [0.2, 0.25) is 0 Å². The van der Waals surface area contributed by atoms with Crippen molar-refractivity contribution in [1.82, 2.24) is 20.2 Å². The number of aromatic nitrogens is 2. The molecule has 2 aromatic rings. The van der Waals surface area contributed by atoms with Crippen molar-refractivity contribution in [3.8, 4) is 0 Å². The molecule has 7 nitrogen and oxygen atoms in total. The Morgan fingerprint density at radius 1 is 1.36 bits per heavy atom. The summed E-state index contributed by atoms with van der Waals surface area (Å²) in [5.74, 6) is -0.386. The van der Waals surface area contributed by atoms with Crippen LogP contribution in [0.4, 0.5) is 0 Å². The molecule has 25 heavy (non-hydrogen) atoms. The third-order valence-electron chi connectivity index (χ3n) is 4.24. The highest BCUT2D eigenvalue weighted by Gasteiger charge is 2.22. The minimum Gasteiger partial charge on any atom is -0.354 e. The van der Waals surface area contributed by atoms with Gasteiger partial charge >= 0.3 is 0 Å². The molecule has 1 aromatic heterocycles. The van der Waals surface area contributed by atoms with Crippen molar-refractivity contribution in [1.29, 1.82) is 0 Å². The van der Waals surface area contributed by atoms with Crippen LogP contribution in [0.15, 0.2) is 33.8 Å². The van der Waals surface area contributed by atoms with Gasteiger partial charge in [0.1, 0.15) is 6.04 Å². The van der Waals surface area contributed by atoms with E-state index in [1.807, 2.05) is 6.07 Å². The lowest BCUT2D eigenvalue weighted by molar-refractivity contribution is -0.128. The molecule has 8 heteroatoms. The summed E-state index contributed by atoms with van der Waals surface area (Å²) in [5, 5.41) is 6.04. The van der Waals surface area contributed by atoms with Crippen molar-refractivity contribution in [2.24, 2.45) is 0 Å². The number of carbonyl (C=O) groups is 2. The molecule has 1 aliphatic heterocycles. The summed E-state index contributed by atoms with van der Waals surface area (Å²) in [4.78, 5) is 40.7. The highest BCUT2D eigenvalue weighted by Crippen LogP contribution is 2.14. The molecule has 2 amide bonds. The number of hydrogen-bond donors (Lipinski definition) is 2. The zero-order chi connectivity index (χ0) is 17.8. The average molecular weight is 407 g/mol. The van der Waals surface area contributed by atoms with Gasteiger partial charge in [-0.2, -0.15) is 0 Å². The molecule has 2 heterocycles. The first kappa shape index (κ1) is 17.6. The fourth-order valence-electron chi connectivity index (χ4n) is 2.86. The van der Waals surface area contributed by atoms with Gasteiger partial charge in [-0.25, -0.2) is 4.98 Å². The van der Waals surface area contributed by atoms with E-state index in [0.717, 1.165) is 17.3 Å². The molecular weight excluding hydrogens is 388 g/mol. The Hall–Kier alpha value is -2.22. The fraction of sp³-hybridized carbons (Fsp3) is 0.412. The number of halogens is 1. The van der Waals surface area contributed by atoms with Crippen molar-refractivity contribution >= 4 is 38.6 Å². The Balaban J connectivity index is 1.66. The molecule has 1 unspecified atom stereocenters. The molecule has 2 N–H and O–H groups in total. The lowest BCUT2D eigenvalue weighted by Gasteiger charge is -2.15. The molecule has 0 saturated carbocycles. The predicted molar refractivity (Wildman–Crippen MR) is 97.1 cm³/mol. The van der Waals surface area contributed by atoms with Crippen LogP contribution < -0.4 is 16.2 Å². The maximum atomic E-state index is 12.5. The number of hydrogen-bond acceptors (Lipinski definition) is 4. The van der Waals surface area contributed by atoms with Crippen LogP contribution in [-0.2, 0) is 16.1 Å². The van der Waals surface area contributed by atoms with E-state index in [1.54, 1.807) is 12.1 Å². The first-order chi connectivity index (χ1) is 12.0. The summed E-state index contributed by atoms with van der Waals surface area (Å²) >= 11 is 3.34. The van der Waals surface area contributed by atoms with Crippen molar-refractivity contribution in [2.45, 2.75) is 38.3 Å². The minimum atomic E-state index is -0.489. The van der Waals surface area contributed by atoms with E-state index in [0.29, 0.717) is 23.9 Å². The van der Waals surface area contributed by atoms with Gasteiger partial charge in [0.05, 0.1) is 17.2 Å². The topological polar surface area (TPSA) is 93.1 Å². The Kier molecular flexibility index (Phi) is 5.47. The van der Waals surface area contributed by atoms with Gasteiger partial charge in [-0.15, -0.1) is 0 Å². The predicted octanol–water partition coefficient (Wildman–Crippen LogP) is 1.33. The van der Waals surface area contributed by atoms with Gasteiger partial charge in [0.25, 0.3) is 5.56 Å². The van der Waals surface area contributed by atoms with Crippen LogP contribution in [0.3, 0.4) is 0 Å². The Labute approximate surface area is 152 Å². The first-order valence-corrected chi connectivity index (χ1v) is 9.05. The second-order valence-corrected chi connectivity index (χ2v) is 6.98. The first-order valence-electron chi connectivity index (χ1n) is 8.26. The van der Waals surface area contributed by atoms with Gasteiger partial charge in [-0.05, 0) is 37.5 Å². The zero-order valence-corrected chi connectivity index (χ0v) is 15.2. The number of rotatable bonds is 4. The Bertz CT molecular complexity index is 865. The van der Waals surface area contributed by atoms with Gasteiger partial charge < -0.3 is 10.6 Å². The molecule has 0 spiro atoms. The van der Waals surface area contributed by atoms with Crippen molar-refractivity contribution < 1.29 is 9.59 Å².